The minimum Gasteiger partial charge on any atom is -0.372 e. The Morgan fingerprint density at radius 3 is 2.39 bits per heavy atom. The Morgan fingerprint density at radius 1 is 1.07 bits per heavy atom. The SMILES string of the molecule is CCN1C(=O)/C(=C\c2ccc(N3CCCC3)cc2)SC1=Nc1ccc(Cl)cc1. The summed E-state index contributed by atoms with van der Waals surface area (Å²) in [5, 5.41) is 1.37. The van der Waals surface area contributed by atoms with Crippen molar-refractivity contribution >= 4 is 51.9 Å². The Kier molecular flexibility index (Phi) is 5.74. The molecule has 0 saturated carbocycles. The molecule has 0 N–H and O–H groups in total. The van der Waals surface area contributed by atoms with E-state index in [1.807, 2.05) is 25.1 Å². The Bertz CT molecular complexity index is 916. The summed E-state index contributed by atoms with van der Waals surface area (Å²) in [7, 11) is 0. The Hall–Kier alpha value is -2.24. The first-order chi connectivity index (χ1) is 13.6. The number of likely N-dealkylation sites (N-methyl/N-ethyl adjacent to an activating group) is 1. The number of amidine groups is 1. The highest BCUT2D eigenvalue weighted by Crippen LogP contribution is 2.34. The van der Waals surface area contributed by atoms with Crippen LogP contribution in [0, 0.1) is 0 Å². The highest BCUT2D eigenvalue weighted by Gasteiger charge is 2.32. The molecule has 2 saturated heterocycles. The topological polar surface area (TPSA) is 35.9 Å². The van der Waals surface area contributed by atoms with E-state index < -0.39 is 0 Å². The first-order valence-corrected chi connectivity index (χ1v) is 10.7. The zero-order valence-corrected chi connectivity index (χ0v) is 17.3. The smallest absolute Gasteiger partial charge is 0.266 e. The van der Waals surface area contributed by atoms with Crippen LogP contribution in [0.15, 0.2) is 58.4 Å². The lowest BCUT2D eigenvalue weighted by Crippen LogP contribution is -2.28. The van der Waals surface area contributed by atoms with Crippen LogP contribution in [0.5, 0.6) is 0 Å². The van der Waals surface area contributed by atoms with Crippen molar-refractivity contribution in [1.29, 1.82) is 0 Å². The number of anilines is 1. The van der Waals surface area contributed by atoms with E-state index in [1.54, 1.807) is 17.0 Å². The average Bonchev–Trinajstić information content (AvgIpc) is 3.33. The number of hydrogen-bond donors (Lipinski definition) is 0. The summed E-state index contributed by atoms with van der Waals surface area (Å²) < 4.78 is 0. The lowest BCUT2D eigenvalue weighted by atomic mass is 10.2. The van der Waals surface area contributed by atoms with Crippen molar-refractivity contribution in [3.63, 3.8) is 0 Å². The summed E-state index contributed by atoms with van der Waals surface area (Å²) in [6.45, 7) is 4.81. The van der Waals surface area contributed by atoms with E-state index in [1.165, 1.54) is 30.3 Å². The Labute approximate surface area is 174 Å². The summed E-state index contributed by atoms with van der Waals surface area (Å²) in [5.74, 6) is 0.00355. The van der Waals surface area contributed by atoms with Gasteiger partial charge >= 0.3 is 0 Å². The summed E-state index contributed by atoms with van der Waals surface area (Å²) in [6.07, 6.45) is 4.48. The zero-order valence-electron chi connectivity index (χ0n) is 15.8. The predicted molar refractivity (Wildman–Crippen MR) is 119 cm³/mol. The van der Waals surface area contributed by atoms with Gasteiger partial charge in [0.25, 0.3) is 5.91 Å². The van der Waals surface area contributed by atoms with E-state index in [-0.39, 0.29) is 5.91 Å². The monoisotopic (exact) mass is 411 g/mol. The van der Waals surface area contributed by atoms with Crippen molar-refractivity contribution in [3.05, 3.63) is 64.0 Å². The highest BCUT2D eigenvalue weighted by molar-refractivity contribution is 8.18. The molecule has 2 aliphatic heterocycles. The Balaban J connectivity index is 1.55. The molecule has 4 nitrogen and oxygen atoms in total. The third-order valence-corrected chi connectivity index (χ3v) is 6.18. The van der Waals surface area contributed by atoms with Crippen LogP contribution >= 0.6 is 23.4 Å². The van der Waals surface area contributed by atoms with Crippen LogP contribution in [0.3, 0.4) is 0 Å². The van der Waals surface area contributed by atoms with Crippen LogP contribution in [0.25, 0.3) is 6.08 Å². The molecule has 1 amide bonds. The van der Waals surface area contributed by atoms with Crippen LogP contribution < -0.4 is 4.90 Å². The molecule has 0 spiro atoms. The fourth-order valence-electron chi connectivity index (χ4n) is 3.40. The predicted octanol–water partition coefficient (Wildman–Crippen LogP) is 5.56. The van der Waals surface area contributed by atoms with Crippen LogP contribution in [0.2, 0.25) is 5.02 Å². The van der Waals surface area contributed by atoms with E-state index >= 15 is 0 Å². The second-order valence-electron chi connectivity index (χ2n) is 6.82. The van der Waals surface area contributed by atoms with Crippen LogP contribution in [-0.2, 0) is 4.79 Å². The van der Waals surface area contributed by atoms with Crippen molar-refractivity contribution in [1.82, 2.24) is 4.90 Å². The highest BCUT2D eigenvalue weighted by atomic mass is 35.5. The number of thioether (sulfide) groups is 1. The number of aliphatic imine (C=N–C) groups is 1. The fraction of sp³-hybridized carbons (Fsp3) is 0.273. The molecule has 2 aromatic rings. The molecule has 0 aliphatic carbocycles. The number of carbonyl (C=O) groups excluding carboxylic acids is 1. The molecule has 28 heavy (non-hydrogen) atoms. The molecule has 2 fully saturated rings. The molecular weight excluding hydrogens is 390 g/mol. The second-order valence-corrected chi connectivity index (χ2v) is 8.26. The maximum Gasteiger partial charge on any atom is 0.266 e. The zero-order chi connectivity index (χ0) is 19.5. The van der Waals surface area contributed by atoms with Gasteiger partial charge in [-0.15, -0.1) is 0 Å². The molecule has 6 heteroatoms. The molecule has 0 unspecified atom stereocenters. The van der Waals surface area contributed by atoms with E-state index in [9.17, 15) is 4.79 Å². The average molecular weight is 412 g/mol. The van der Waals surface area contributed by atoms with Gasteiger partial charge in [-0.1, -0.05) is 23.7 Å². The normalized spacial score (nSPS) is 20.0. The van der Waals surface area contributed by atoms with Gasteiger partial charge in [0.15, 0.2) is 5.17 Å². The van der Waals surface area contributed by atoms with Gasteiger partial charge in [0.1, 0.15) is 0 Å². The molecule has 2 aliphatic rings. The number of hydrogen-bond acceptors (Lipinski definition) is 4. The van der Waals surface area contributed by atoms with Gasteiger partial charge in [0, 0.05) is 30.3 Å². The number of amides is 1. The van der Waals surface area contributed by atoms with E-state index in [0.717, 1.165) is 24.3 Å². The standard InChI is InChI=1S/C22H22ClN3OS/c1-2-26-21(27)20(28-22(26)24-18-9-7-17(23)8-10-18)15-16-5-11-19(12-6-16)25-13-3-4-14-25/h5-12,15H,2-4,13-14H2,1H3/b20-15+,24-22?. The largest absolute Gasteiger partial charge is 0.372 e. The van der Waals surface area contributed by atoms with Crippen molar-refractivity contribution in [3.8, 4) is 0 Å². The maximum absolute atomic E-state index is 12.8. The van der Waals surface area contributed by atoms with Crippen LogP contribution in [0.1, 0.15) is 25.3 Å². The third kappa shape index (κ3) is 4.10. The van der Waals surface area contributed by atoms with Crippen molar-refractivity contribution in [2.45, 2.75) is 19.8 Å². The molecule has 0 aromatic heterocycles. The van der Waals surface area contributed by atoms with Gasteiger partial charge in [-0.05, 0) is 79.6 Å². The molecule has 0 radical (unpaired) electrons. The quantitative estimate of drug-likeness (QED) is 0.617. The number of rotatable bonds is 4. The van der Waals surface area contributed by atoms with Crippen LogP contribution in [-0.4, -0.2) is 35.6 Å². The lowest BCUT2D eigenvalue weighted by molar-refractivity contribution is -0.122. The number of nitrogens with zero attached hydrogens (tertiary/aromatic N) is 3. The van der Waals surface area contributed by atoms with Crippen molar-refractivity contribution in [2.24, 2.45) is 4.99 Å². The van der Waals surface area contributed by atoms with E-state index in [4.69, 9.17) is 11.6 Å². The second kappa shape index (κ2) is 8.41. The Morgan fingerprint density at radius 2 is 1.75 bits per heavy atom. The number of halogens is 1. The van der Waals surface area contributed by atoms with Crippen molar-refractivity contribution in [2.75, 3.05) is 24.5 Å². The summed E-state index contributed by atoms with van der Waals surface area (Å²) in [4.78, 5) is 22.3. The first-order valence-electron chi connectivity index (χ1n) is 9.55. The molecule has 2 heterocycles. The molecule has 4 rings (SSSR count). The van der Waals surface area contributed by atoms with Gasteiger partial charge in [-0.25, -0.2) is 4.99 Å². The minimum absolute atomic E-state index is 0.00355. The van der Waals surface area contributed by atoms with Gasteiger partial charge in [-0.2, -0.15) is 0 Å². The molecule has 0 atom stereocenters. The van der Waals surface area contributed by atoms with Gasteiger partial charge < -0.3 is 4.90 Å². The van der Waals surface area contributed by atoms with Crippen molar-refractivity contribution < 1.29 is 4.79 Å². The van der Waals surface area contributed by atoms with Gasteiger partial charge in [0.2, 0.25) is 0 Å². The number of benzene rings is 2. The molecular formula is C22H22ClN3OS. The molecule has 2 aromatic carbocycles. The maximum atomic E-state index is 12.8. The minimum atomic E-state index is 0.00355. The lowest BCUT2D eigenvalue weighted by Gasteiger charge is -2.17. The van der Waals surface area contributed by atoms with Gasteiger partial charge in [0.05, 0.1) is 10.6 Å². The summed E-state index contributed by atoms with van der Waals surface area (Å²) in [5.41, 5.74) is 3.07. The van der Waals surface area contributed by atoms with Gasteiger partial charge in [-0.3, -0.25) is 9.69 Å². The fourth-order valence-corrected chi connectivity index (χ4v) is 4.59. The van der Waals surface area contributed by atoms with Crippen LogP contribution in [0.4, 0.5) is 11.4 Å². The summed E-state index contributed by atoms with van der Waals surface area (Å²) >= 11 is 7.36. The molecule has 144 valence electrons. The van der Waals surface area contributed by atoms with E-state index in [2.05, 4.69) is 34.2 Å². The van der Waals surface area contributed by atoms with E-state index in [0.29, 0.717) is 21.6 Å². The summed E-state index contributed by atoms with van der Waals surface area (Å²) in [6, 6.07) is 15.8. The first kappa shape index (κ1) is 19.1. The molecule has 0 bridgehead atoms. The number of carbonyl (C=O) groups is 1. The third-order valence-electron chi connectivity index (χ3n) is 4.92.